The van der Waals surface area contributed by atoms with E-state index in [4.69, 9.17) is 4.74 Å². The van der Waals surface area contributed by atoms with Crippen LogP contribution in [0.3, 0.4) is 0 Å². The molecule has 132 valence electrons. The van der Waals surface area contributed by atoms with Crippen molar-refractivity contribution in [2.75, 3.05) is 22.4 Å². The average molecular weight is 360 g/mol. The predicted octanol–water partition coefficient (Wildman–Crippen LogP) is 2.47. The zero-order valence-corrected chi connectivity index (χ0v) is 15.1. The minimum Gasteiger partial charge on any atom is -0.476 e. The Labute approximate surface area is 147 Å². The number of sulfonamides is 1. The maximum absolute atomic E-state index is 12.7. The van der Waals surface area contributed by atoms with E-state index >= 15 is 0 Å². The molecule has 1 aliphatic rings. The van der Waals surface area contributed by atoms with Crippen molar-refractivity contribution >= 4 is 27.3 Å². The molecule has 0 aliphatic carbocycles. The van der Waals surface area contributed by atoms with Gasteiger partial charge in [0.25, 0.3) is 5.91 Å². The summed E-state index contributed by atoms with van der Waals surface area (Å²) in [5.41, 5.74) is 3.16. The van der Waals surface area contributed by atoms with Gasteiger partial charge in [-0.1, -0.05) is 24.3 Å². The summed E-state index contributed by atoms with van der Waals surface area (Å²) in [7, 11) is -3.52. The molecule has 1 atom stereocenters. The summed E-state index contributed by atoms with van der Waals surface area (Å²) in [6, 6.07) is 12.4. The van der Waals surface area contributed by atoms with Gasteiger partial charge in [0, 0.05) is 5.69 Å². The Kier molecular flexibility index (Phi) is 4.43. The third-order valence-electron chi connectivity index (χ3n) is 4.29. The maximum Gasteiger partial charge on any atom is 0.267 e. The van der Waals surface area contributed by atoms with Gasteiger partial charge in [0.05, 0.1) is 18.5 Å². The topological polar surface area (TPSA) is 75.7 Å². The molecule has 0 fully saturated rings. The summed E-state index contributed by atoms with van der Waals surface area (Å²) in [6.07, 6.45) is 0.193. The van der Waals surface area contributed by atoms with Crippen molar-refractivity contribution in [2.45, 2.75) is 20.0 Å². The van der Waals surface area contributed by atoms with E-state index in [-0.39, 0.29) is 12.5 Å². The summed E-state index contributed by atoms with van der Waals surface area (Å²) >= 11 is 0. The molecule has 0 aromatic heterocycles. The van der Waals surface area contributed by atoms with Crippen LogP contribution in [0.1, 0.15) is 11.1 Å². The molecule has 0 radical (unpaired) electrons. The zero-order valence-electron chi connectivity index (χ0n) is 14.3. The summed E-state index contributed by atoms with van der Waals surface area (Å²) in [5.74, 6) is -0.00265. The molecule has 6 nitrogen and oxygen atoms in total. The van der Waals surface area contributed by atoms with Gasteiger partial charge in [-0.3, -0.25) is 9.10 Å². The number of anilines is 2. The number of benzene rings is 2. The number of carbonyl (C=O) groups excluding carboxylic acids is 1. The minimum atomic E-state index is -3.52. The third-order valence-corrected chi connectivity index (χ3v) is 5.44. The molecule has 0 saturated heterocycles. The van der Waals surface area contributed by atoms with Gasteiger partial charge in [-0.15, -0.1) is 0 Å². The molecule has 3 rings (SSSR count). The van der Waals surface area contributed by atoms with E-state index in [9.17, 15) is 13.2 Å². The SMILES string of the molecule is Cc1cccc(NC(=O)[C@H]2CN(S(C)(=O)=O)c3ccccc3O2)c1C. The van der Waals surface area contributed by atoms with E-state index in [1.165, 1.54) is 4.31 Å². The lowest BCUT2D eigenvalue weighted by Gasteiger charge is -2.33. The molecule has 2 aromatic carbocycles. The number of hydrogen-bond acceptors (Lipinski definition) is 4. The lowest BCUT2D eigenvalue weighted by molar-refractivity contribution is -0.122. The van der Waals surface area contributed by atoms with Crippen LogP contribution in [0.25, 0.3) is 0 Å². The second-order valence-electron chi connectivity index (χ2n) is 6.11. The molecule has 7 heteroatoms. The molecule has 1 N–H and O–H groups in total. The number of rotatable bonds is 3. The highest BCUT2D eigenvalue weighted by atomic mass is 32.2. The van der Waals surface area contributed by atoms with Crippen molar-refractivity contribution in [3.8, 4) is 5.75 Å². The molecule has 1 aliphatic heterocycles. The molecule has 25 heavy (non-hydrogen) atoms. The van der Waals surface area contributed by atoms with Crippen LogP contribution in [0.2, 0.25) is 0 Å². The first-order chi connectivity index (χ1) is 11.8. The fraction of sp³-hybridized carbons (Fsp3) is 0.278. The van der Waals surface area contributed by atoms with Gasteiger partial charge in [-0.2, -0.15) is 0 Å². The van der Waals surface area contributed by atoms with E-state index in [0.29, 0.717) is 17.1 Å². The van der Waals surface area contributed by atoms with Gasteiger partial charge in [-0.05, 0) is 43.2 Å². The Morgan fingerprint density at radius 2 is 1.88 bits per heavy atom. The number of nitrogens with one attached hydrogen (secondary N) is 1. The van der Waals surface area contributed by atoms with Crippen LogP contribution in [0.15, 0.2) is 42.5 Å². The lowest BCUT2D eigenvalue weighted by Crippen LogP contribution is -2.48. The highest BCUT2D eigenvalue weighted by Gasteiger charge is 2.34. The second kappa shape index (κ2) is 6.40. The van der Waals surface area contributed by atoms with Gasteiger partial charge in [-0.25, -0.2) is 8.42 Å². The number of hydrogen-bond donors (Lipinski definition) is 1. The summed E-state index contributed by atoms with van der Waals surface area (Å²) in [5, 5.41) is 2.84. The average Bonchev–Trinajstić information content (AvgIpc) is 2.57. The molecule has 0 spiro atoms. The zero-order chi connectivity index (χ0) is 18.2. The maximum atomic E-state index is 12.7. The molecule has 1 heterocycles. The van der Waals surface area contributed by atoms with Crippen molar-refractivity contribution in [1.82, 2.24) is 0 Å². The Hall–Kier alpha value is -2.54. The second-order valence-corrected chi connectivity index (χ2v) is 8.01. The predicted molar refractivity (Wildman–Crippen MR) is 97.6 cm³/mol. The molecule has 0 bridgehead atoms. The summed E-state index contributed by atoms with van der Waals surface area (Å²) in [4.78, 5) is 12.7. The molecule has 2 aromatic rings. The first kappa shape index (κ1) is 17.3. The number of carbonyl (C=O) groups is 1. The van der Waals surface area contributed by atoms with Gasteiger partial charge in [0.1, 0.15) is 5.75 Å². The van der Waals surface area contributed by atoms with Crippen LogP contribution in [-0.4, -0.2) is 33.2 Å². The Balaban J connectivity index is 1.88. The summed E-state index contributed by atoms with van der Waals surface area (Å²) in [6.45, 7) is 3.82. The van der Waals surface area contributed by atoms with E-state index < -0.39 is 16.1 Å². The monoisotopic (exact) mass is 360 g/mol. The molecule has 0 saturated carbocycles. The van der Waals surface area contributed by atoms with Gasteiger partial charge >= 0.3 is 0 Å². The number of nitrogens with zero attached hydrogens (tertiary/aromatic N) is 1. The van der Waals surface area contributed by atoms with Crippen LogP contribution >= 0.6 is 0 Å². The third kappa shape index (κ3) is 3.46. The Bertz CT molecular complexity index is 924. The largest absolute Gasteiger partial charge is 0.476 e. The van der Waals surface area contributed by atoms with E-state index in [2.05, 4.69) is 5.32 Å². The normalized spacial score (nSPS) is 16.8. The molecular weight excluding hydrogens is 340 g/mol. The van der Waals surface area contributed by atoms with Gasteiger partial charge in [0.2, 0.25) is 10.0 Å². The first-order valence-electron chi connectivity index (χ1n) is 7.88. The quantitative estimate of drug-likeness (QED) is 0.912. The van der Waals surface area contributed by atoms with Crippen LogP contribution in [-0.2, 0) is 14.8 Å². The highest BCUT2D eigenvalue weighted by molar-refractivity contribution is 7.92. The molecular formula is C18H20N2O4S. The van der Waals surface area contributed by atoms with E-state index in [0.717, 1.165) is 17.4 Å². The number of aryl methyl sites for hydroxylation is 1. The van der Waals surface area contributed by atoms with Crippen molar-refractivity contribution in [2.24, 2.45) is 0 Å². The van der Waals surface area contributed by atoms with Gasteiger partial charge in [0.15, 0.2) is 6.10 Å². The molecule has 1 amide bonds. The number of para-hydroxylation sites is 2. The minimum absolute atomic E-state index is 0.0630. The van der Waals surface area contributed by atoms with Crippen LogP contribution in [0.4, 0.5) is 11.4 Å². The molecule has 0 unspecified atom stereocenters. The smallest absolute Gasteiger partial charge is 0.267 e. The first-order valence-corrected chi connectivity index (χ1v) is 9.72. The van der Waals surface area contributed by atoms with Crippen molar-refractivity contribution < 1.29 is 17.9 Å². The number of ether oxygens (including phenoxy) is 1. The lowest BCUT2D eigenvalue weighted by atomic mass is 10.1. The van der Waals surface area contributed by atoms with Crippen LogP contribution < -0.4 is 14.4 Å². The number of fused-ring (bicyclic) bond motifs is 1. The standard InChI is InChI=1S/C18H20N2O4S/c1-12-7-6-8-14(13(12)2)19-18(21)17-11-20(25(3,22)23)15-9-4-5-10-16(15)24-17/h4-10,17H,11H2,1-3H3,(H,19,21)/t17-/m1/s1. The van der Waals surface area contributed by atoms with Crippen molar-refractivity contribution in [3.05, 3.63) is 53.6 Å². The fourth-order valence-electron chi connectivity index (χ4n) is 2.75. The van der Waals surface area contributed by atoms with Crippen LogP contribution in [0, 0.1) is 13.8 Å². The van der Waals surface area contributed by atoms with Gasteiger partial charge < -0.3 is 10.1 Å². The van der Waals surface area contributed by atoms with Crippen molar-refractivity contribution in [1.29, 1.82) is 0 Å². The fourth-order valence-corrected chi connectivity index (χ4v) is 3.67. The Morgan fingerprint density at radius 1 is 1.16 bits per heavy atom. The van der Waals surface area contributed by atoms with Crippen LogP contribution in [0.5, 0.6) is 5.75 Å². The van der Waals surface area contributed by atoms with E-state index in [1.807, 2.05) is 32.0 Å². The van der Waals surface area contributed by atoms with Crippen molar-refractivity contribution in [3.63, 3.8) is 0 Å². The number of amides is 1. The summed E-state index contributed by atoms with van der Waals surface area (Å²) < 4.78 is 31.2. The highest BCUT2D eigenvalue weighted by Crippen LogP contribution is 2.34. The van der Waals surface area contributed by atoms with E-state index in [1.54, 1.807) is 24.3 Å². The Morgan fingerprint density at radius 3 is 2.60 bits per heavy atom.